The lowest BCUT2D eigenvalue weighted by Crippen LogP contribution is -2.19. The SMILES string of the molecule is Cc1cc2ncn(CC(=O)C3CCOC3)c2cc1C. The molecule has 0 spiro atoms. The smallest absolute Gasteiger partial charge is 0.158 e. The van der Waals surface area contributed by atoms with Crippen LogP contribution in [-0.4, -0.2) is 28.5 Å². The Morgan fingerprint density at radius 3 is 2.95 bits per heavy atom. The molecule has 0 saturated carbocycles. The first-order valence-corrected chi connectivity index (χ1v) is 6.67. The van der Waals surface area contributed by atoms with E-state index in [0.29, 0.717) is 19.8 Å². The number of nitrogens with zero attached hydrogens (tertiary/aromatic N) is 2. The number of benzene rings is 1. The van der Waals surface area contributed by atoms with Gasteiger partial charge in [0.25, 0.3) is 0 Å². The summed E-state index contributed by atoms with van der Waals surface area (Å²) >= 11 is 0. The highest BCUT2D eigenvalue weighted by molar-refractivity contribution is 5.84. The third-order valence-corrected chi connectivity index (χ3v) is 3.95. The summed E-state index contributed by atoms with van der Waals surface area (Å²) in [5, 5.41) is 0. The molecule has 4 heteroatoms. The number of fused-ring (bicyclic) bond motifs is 1. The van der Waals surface area contributed by atoms with E-state index in [1.165, 1.54) is 11.1 Å². The molecule has 2 aromatic rings. The number of carbonyl (C=O) groups excluding carboxylic acids is 1. The fourth-order valence-electron chi connectivity index (χ4n) is 2.52. The fourth-order valence-corrected chi connectivity index (χ4v) is 2.52. The molecule has 1 atom stereocenters. The molecule has 1 aliphatic heterocycles. The normalized spacial score (nSPS) is 19.2. The molecule has 0 amide bonds. The van der Waals surface area contributed by atoms with E-state index in [9.17, 15) is 4.79 Å². The Labute approximate surface area is 112 Å². The highest BCUT2D eigenvalue weighted by Crippen LogP contribution is 2.20. The van der Waals surface area contributed by atoms with E-state index in [4.69, 9.17) is 4.74 Å². The number of aromatic nitrogens is 2. The van der Waals surface area contributed by atoms with Crippen molar-refractivity contribution in [3.05, 3.63) is 29.6 Å². The lowest BCUT2D eigenvalue weighted by molar-refractivity contribution is -0.123. The molecule has 100 valence electrons. The second-order valence-corrected chi connectivity index (χ2v) is 5.32. The van der Waals surface area contributed by atoms with Gasteiger partial charge in [0.2, 0.25) is 0 Å². The summed E-state index contributed by atoms with van der Waals surface area (Å²) in [6.45, 7) is 5.84. The molecule has 3 rings (SSSR count). The summed E-state index contributed by atoms with van der Waals surface area (Å²) in [6.07, 6.45) is 2.61. The van der Waals surface area contributed by atoms with Crippen LogP contribution >= 0.6 is 0 Å². The first-order valence-electron chi connectivity index (χ1n) is 6.67. The summed E-state index contributed by atoms with van der Waals surface area (Å²) in [6, 6.07) is 4.18. The van der Waals surface area contributed by atoms with Gasteiger partial charge in [0.05, 0.1) is 30.5 Å². The van der Waals surface area contributed by atoms with Gasteiger partial charge in [0, 0.05) is 12.5 Å². The summed E-state index contributed by atoms with van der Waals surface area (Å²) < 4.78 is 7.22. The van der Waals surface area contributed by atoms with Crippen molar-refractivity contribution in [2.75, 3.05) is 13.2 Å². The summed E-state index contributed by atoms with van der Waals surface area (Å²) in [4.78, 5) is 16.6. The summed E-state index contributed by atoms with van der Waals surface area (Å²) in [5.41, 5.74) is 4.45. The third-order valence-electron chi connectivity index (χ3n) is 3.95. The van der Waals surface area contributed by atoms with Crippen LogP contribution in [0.1, 0.15) is 17.5 Å². The molecular weight excluding hydrogens is 240 g/mol. The van der Waals surface area contributed by atoms with Gasteiger partial charge < -0.3 is 9.30 Å². The van der Waals surface area contributed by atoms with Gasteiger partial charge in [-0.2, -0.15) is 0 Å². The molecule has 0 N–H and O–H groups in total. The van der Waals surface area contributed by atoms with Crippen molar-refractivity contribution < 1.29 is 9.53 Å². The molecule has 19 heavy (non-hydrogen) atoms. The number of hydrogen-bond donors (Lipinski definition) is 0. The first kappa shape index (κ1) is 12.4. The molecule has 1 saturated heterocycles. The monoisotopic (exact) mass is 258 g/mol. The average molecular weight is 258 g/mol. The van der Waals surface area contributed by atoms with Crippen LogP contribution in [0.25, 0.3) is 11.0 Å². The van der Waals surface area contributed by atoms with E-state index in [-0.39, 0.29) is 11.7 Å². The van der Waals surface area contributed by atoms with Crippen molar-refractivity contribution in [2.45, 2.75) is 26.8 Å². The lowest BCUT2D eigenvalue weighted by atomic mass is 10.0. The van der Waals surface area contributed by atoms with Crippen molar-refractivity contribution in [3.63, 3.8) is 0 Å². The molecule has 0 bridgehead atoms. The Hall–Kier alpha value is -1.68. The maximum Gasteiger partial charge on any atom is 0.158 e. The standard InChI is InChI=1S/C15H18N2O2/c1-10-5-13-14(6-11(10)2)17(9-16-13)7-15(18)12-3-4-19-8-12/h5-6,9,12H,3-4,7-8H2,1-2H3. The zero-order chi connectivity index (χ0) is 13.4. The molecule has 1 aliphatic rings. The molecule has 1 aromatic carbocycles. The molecule has 0 radical (unpaired) electrons. The van der Waals surface area contributed by atoms with E-state index in [1.807, 2.05) is 4.57 Å². The molecular formula is C15H18N2O2. The topological polar surface area (TPSA) is 44.1 Å². The predicted octanol–water partition coefficient (Wildman–Crippen LogP) is 2.26. The summed E-state index contributed by atoms with van der Waals surface area (Å²) in [7, 11) is 0. The van der Waals surface area contributed by atoms with Crippen LogP contribution < -0.4 is 0 Å². The predicted molar refractivity (Wildman–Crippen MR) is 73.1 cm³/mol. The fraction of sp³-hybridized carbons (Fsp3) is 0.467. The minimum absolute atomic E-state index is 0.0593. The zero-order valence-electron chi connectivity index (χ0n) is 11.3. The van der Waals surface area contributed by atoms with Crippen LogP contribution in [0.3, 0.4) is 0 Å². The number of imidazole rings is 1. The quantitative estimate of drug-likeness (QED) is 0.848. The van der Waals surface area contributed by atoms with E-state index in [1.54, 1.807) is 6.33 Å². The van der Waals surface area contributed by atoms with Gasteiger partial charge in [-0.25, -0.2) is 4.98 Å². The number of Topliss-reactive ketones (excluding diaryl/α,β-unsaturated/α-hetero) is 1. The molecule has 1 fully saturated rings. The van der Waals surface area contributed by atoms with Crippen LogP contribution in [0.5, 0.6) is 0 Å². The van der Waals surface area contributed by atoms with Crippen molar-refractivity contribution >= 4 is 16.8 Å². The zero-order valence-corrected chi connectivity index (χ0v) is 11.3. The van der Waals surface area contributed by atoms with Crippen LogP contribution in [0.2, 0.25) is 0 Å². The Balaban J connectivity index is 1.88. The van der Waals surface area contributed by atoms with Crippen LogP contribution in [0.15, 0.2) is 18.5 Å². The highest BCUT2D eigenvalue weighted by atomic mass is 16.5. The average Bonchev–Trinajstić information content (AvgIpc) is 3.01. The van der Waals surface area contributed by atoms with Crippen molar-refractivity contribution in [3.8, 4) is 0 Å². The van der Waals surface area contributed by atoms with E-state index >= 15 is 0 Å². The van der Waals surface area contributed by atoms with Gasteiger partial charge in [-0.3, -0.25) is 4.79 Å². The molecule has 0 aliphatic carbocycles. The van der Waals surface area contributed by atoms with E-state index in [0.717, 1.165) is 17.5 Å². The minimum Gasteiger partial charge on any atom is -0.381 e. The number of aryl methyl sites for hydroxylation is 2. The van der Waals surface area contributed by atoms with Crippen LogP contribution in [0.4, 0.5) is 0 Å². The first-order chi connectivity index (χ1) is 9.15. The maximum atomic E-state index is 12.2. The van der Waals surface area contributed by atoms with Gasteiger partial charge in [-0.1, -0.05) is 0 Å². The maximum absolute atomic E-state index is 12.2. The van der Waals surface area contributed by atoms with Crippen molar-refractivity contribution in [1.82, 2.24) is 9.55 Å². The lowest BCUT2D eigenvalue weighted by Gasteiger charge is -2.08. The van der Waals surface area contributed by atoms with Crippen LogP contribution in [0, 0.1) is 19.8 Å². The Kier molecular flexibility index (Phi) is 3.11. The second kappa shape index (κ2) is 4.78. The van der Waals surface area contributed by atoms with Gasteiger partial charge >= 0.3 is 0 Å². The van der Waals surface area contributed by atoms with Gasteiger partial charge in [0.1, 0.15) is 0 Å². The summed E-state index contributed by atoms with van der Waals surface area (Å²) in [5.74, 6) is 0.305. The number of ether oxygens (including phenoxy) is 1. The third kappa shape index (κ3) is 2.28. The van der Waals surface area contributed by atoms with Gasteiger partial charge in [-0.05, 0) is 43.5 Å². The number of rotatable bonds is 3. The number of ketones is 1. The Morgan fingerprint density at radius 1 is 1.42 bits per heavy atom. The number of carbonyl (C=O) groups is 1. The largest absolute Gasteiger partial charge is 0.381 e. The number of hydrogen-bond acceptors (Lipinski definition) is 3. The van der Waals surface area contributed by atoms with Crippen molar-refractivity contribution in [1.29, 1.82) is 0 Å². The molecule has 4 nitrogen and oxygen atoms in total. The van der Waals surface area contributed by atoms with Crippen LogP contribution in [-0.2, 0) is 16.1 Å². The minimum atomic E-state index is 0.0593. The van der Waals surface area contributed by atoms with Crippen molar-refractivity contribution in [2.24, 2.45) is 5.92 Å². The van der Waals surface area contributed by atoms with E-state index in [2.05, 4.69) is 31.0 Å². The molecule has 1 unspecified atom stereocenters. The molecule has 2 heterocycles. The van der Waals surface area contributed by atoms with Gasteiger partial charge in [0.15, 0.2) is 5.78 Å². The van der Waals surface area contributed by atoms with Gasteiger partial charge in [-0.15, -0.1) is 0 Å². The highest BCUT2D eigenvalue weighted by Gasteiger charge is 2.23. The van der Waals surface area contributed by atoms with E-state index < -0.39 is 0 Å². The molecule has 1 aromatic heterocycles. The Morgan fingerprint density at radius 2 is 2.21 bits per heavy atom. The second-order valence-electron chi connectivity index (χ2n) is 5.32. The Bertz CT molecular complexity index is 624.